The Kier molecular flexibility index (Phi) is 7.52. The summed E-state index contributed by atoms with van der Waals surface area (Å²) < 4.78 is 0. The number of amides is 1. The van der Waals surface area contributed by atoms with Crippen molar-refractivity contribution in [1.29, 1.82) is 0 Å². The van der Waals surface area contributed by atoms with Gasteiger partial charge < -0.3 is 15.5 Å². The van der Waals surface area contributed by atoms with Gasteiger partial charge in [0, 0.05) is 37.6 Å². The first-order valence-corrected chi connectivity index (χ1v) is 8.14. The lowest BCUT2D eigenvalue weighted by molar-refractivity contribution is -0.121. The number of hydrogen-bond acceptors (Lipinski definition) is 3. The zero-order chi connectivity index (χ0) is 15.0. The van der Waals surface area contributed by atoms with E-state index < -0.39 is 0 Å². The van der Waals surface area contributed by atoms with Crippen LogP contribution in [-0.2, 0) is 4.79 Å². The van der Waals surface area contributed by atoms with Crippen LogP contribution in [0.5, 0.6) is 0 Å². The van der Waals surface area contributed by atoms with Crippen molar-refractivity contribution in [2.24, 2.45) is 0 Å². The van der Waals surface area contributed by atoms with Gasteiger partial charge in [0.2, 0.25) is 5.91 Å². The molecule has 20 heavy (non-hydrogen) atoms. The lowest BCUT2D eigenvalue weighted by Gasteiger charge is -2.33. The molecule has 0 saturated carbocycles. The van der Waals surface area contributed by atoms with Crippen molar-refractivity contribution in [3.63, 3.8) is 0 Å². The molecule has 1 unspecified atom stereocenters. The SMILES string of the molecule is CC1CCCCN1CCCNC(=O)CCNC(C)(C)C. The third-order valence-corrected chi connectivity index (χ3v) is 3.89. The second-order valence-corrected chi connectivity index (χ2v) is 7.01. The normalized spacial score (nSPS) is 20.9. The summed E-state index contributed by atoms with van der Waals surface area (Å²) in [7, 11) is 0. The molecule has 0 aromatic rings. The Morgan fingerprint density at radius 2 is 2.00 bits per heavy atom. The van der Waals surface area contributed by atoms with Gasteiger partial charge in [-0.2, -0.15) is 0 Å². The molecule has 2 N–H and O–H groups in total. The van der Waals surface area contributed by atoms with Crippen LogP contribution in [-0.4, -0.2) is 48.6 Å². The van der Waals surface area contributed by atoms with Gasteiger partial charge in [-0.3, -0.25) is 4.79 Å². The smallest absolute Gasteiger partial charge is 0.221 e. The quantitative estimate of drug-likeness (QED) is 0.704. The molecule has 0 aromatic heterocycles. The molecule has 0 bridgehead atoms. The van der Waals surface area contributed by atoms with Gasteiger partial charge in [-0.15, -0.1) is 0 Å². The van der Waals surface area contributed by atoms with Gasteiger partial charge in [0.25, 0.3) is 0 Å². The maximum absolute atomic E-state index is 11.7. The molecule has 4 heteroatoms. The van der Waals surface area contributed by atoms with Crippen LogP contribution >= 0.6 is 0 Å². The lowest BCUT2D eigenvalue weighted by Crippen LogP contribution is -2.40. The number of piperidine rings is 1. The van der Waals surface area contributed by atoms with Crippen molar-refractivity contribution in [1.82, 2.24) is 15.5 Å². The van der Waals surface area contributed by atoms with E-state index in [9.17, 15) is 4.79 Å². The third-order valence-electron chi connectivity index (χ3n) is 3.89. The topological polar surface area (TPSA) is 44.4 Å². The minimum atomic E-state index is 0.0880. The van der Waals surface area contributed by atoms with Crippen LogP contribution in [0, 0.1) is 0 Å². The summed E-state index contributed by atoms with van der Waals surface area (Å²) in [4.78, 5) is 14.2. The second-order valence-electron chi connectivity index (χ2n) is 7.01. The van der Waals surface area contributed by atoms with Crippen LogP contribution < -0.4 is 10.6 Å². The number of rotatable bonds is 7. The van der Waals surface area contributed by atoms with Crippen molar-refractivity contribution in [3.8, 4) is 0 Å². The molecule has 0 radical (unpaired) electrons. The van der Waals surface area contributed by atoms with E-state index in [-0.39, 0.29) is 11.4 Å². The Balaban J connectivity index is 2.01. The molecule has 1 heterocycles. The van der Waals surface area contributed by atoms with Crippen LogP contribution in [0.4, 0.5) is 0 Å². The van der Waals surface area contributed by atoms with Gasteiger partial charge in [0.15, 0.2) is 0 Å². The zero-order valence-electron chi connectivity index (χ0n) is 13.8. The first-order chi connectivity index (χ1) is 9.38. The van der Waals surface area contributed by atoms with Crippen LogP contribution in [0.15, 0.2) is 0 Å². The molecule has 1 fully saturated rings. The van der Waals surface area contributed by atoms with Crippen LogP contribution in [0.25, 0.3) is 0 Å². The highest BCUT2D eigenvalue weighted by molar-refractivity contribution is 5.76. The standard InChI is InChI=1S/C16H33N3O/c1-14-8-5-6-12-19(14)13-7-10-17-15(20)9-11-18-16(2,3)4/h14,18H,5-13H2,1-4H3,(H,17,20). The van der Waals surface area contributed by atoms with Gasteiger partial charge in [0.05, 0.1) is 0 Å². The van der Waals surface area contributed by atoms with E-state index >= 15 is 0 Å². The summed E-state index contributed by atoms with van der Waals surface area (Å²) in [5.41, 5.74) is 0.0880. The van der Waals surface area contributed by atoms with E-state index in [4.69, 9.17) is 0 Å². The fourth-order valence-corrected chi connectivity index (χ4v) is 2.64. The number of nitrogens with zero attached hydrogens (tertiary/aromatic N) is 1. The van der Waals surface area contributed by atoms with Gasteiger partial charge in [-0.05, 0) is 53.5 Å². The zero-order valence-corrected chi connectivity index (χ0v) is 13.8. The molecule has 1 rings (SSSR count). The van der Waals surface area contributed by atoms with E-state index in [0.717, 1.165) is 32.1 Å². The van der Waals surface area contributed by atoms with E-state index in [1.165, 1.54) is 25.8 Å². The Morgan fingerprint density at radius 3 is 2.65 bits per heavy atom. The van der Waals surface area contributed by atoms with Crippen molar-refractivity contribution in [2.75, 3.05) is 26.2 Å². The fourth-order valence-electron chi connectivity index (χ4n) is 2.64. The van der Waals surface area contributed by atoms with E-state index in [0.29, 0.717) is 6.42 Å². The summed E-state index contributed by atoms with van der Waals surface area (Å²) in [6.07, 6.45) is 5.65. The summed E-state index contributed by atoms with van der Waals surface area (Å²) in [6, 6.07) is 0.718. The van der Waals surface area contributed by atoms with Crippen molar-refractivity contribution < 1.29 is 4.79 Å². The molecule has 1 amide bonds. The minimum absolute atomic E-state index is 0.0880. The fraction of sp³-hybridized carbons (Fsp3) is 0.938. The maximum Gasteiger partial charge on any atom is 0.221 e. The predicted molar refractivity (Wildman–Crippen MR) is 84.9 cm³/mol. The molecule has 1 aliphatic heterocycles. The molecule has 4 nitrogen and oxygen atoms in total. The molecule has 0 spiro atoms. The molecule has 0 aliphatic carbocycles. The molecular weight excluding hydrogens is 250 g/mol. The van der Waals surface area contributed by atoms with Crippen molar-refractivity contribution in [3.05, 3.63) is 0 Å². The average molecular weight is 283 g/mol. The molecule has 1 saturated heterocycles. The van der Waals surface area contributed by atoms with Gasteiger partial charge in [-0.1, -0.05) is 6.42 Å². The molecule has 118 valence electrons. The number of hydrogen-bond donors (Lipinski definition) is 2. The summed E-state index contributed by atoms with van der Waals surface area (Å²) in [5, 5.41) is 6.35. The number of likely N-dealkylation sites (tertiary alicyclic amines) is 1. The largest absolute Gasteiger partial charge is 0.356 e. The minimum Gasteiger partial charge on any atom is -0.356 e. The van der Waals surface area contributed by atoms with Crippen molar-refractivity contribution >= 4 is 5.91 Å². The van der Waals surface area contributed by atoms with Crippen molar-refractivity contribution in [2.45, 2.75) is 71.4 Å². The predicted octanol–water partition coefficient (Wildman–Crippen LogP) is 2.15. The monoisotopic (exact) mass is 283 g/mol. The molecular formula is C16H33N3O. The first-order valence-electron chi connectivity index (χ1n) is 8.14. The summed E-state index contributed by atoms with van der Waals surface area (Å²) in [5.74, 6) is 0.161. The van der Waals surface area contributed by atoms with Gasteiger partial charge >= 0.3 is 0 Å². The van der Waals surface area contributed by atoms with E-state index in [1.54, 1.807) is 0 Å². The number of carbonyl (C=O) groups is 1. The van der Waals surface area contributed by atoms with Crippen LogP contribution in [0.3, 0.4) is 0 Å². The molecule has 1 atom stereocenters. The lowest BCUT2D eigenvalue weighted by atomic mass is 10.0. The average Bonchev–Trinajstić information content (AvgIpc) is 2.35. The Labute approximate surface area is 124 Å². The Morgan fingerprint density at radius 1 is 1.25 bits per heavy atom. The highest BCUT2D eigenvalue weighted by Gasteiger charge is 2.17. The molecule has 0 aromatic carbocycles. The highest BCUT2D eigenvalue weighted by Crippen LogP contribution is 2.15. The summed E-state index contributed by atoms with van der Waals surface area (Å²) in [6.45, 7) is 12.6. The highest BCUT2D eigenvalue weighted by atomic mass is 16.1. The van der Waals surface area contributed by atoms with Gasteiger partial charge in [-0.25, -0.2) is 0 Å². The maximum atomic E-state index is 11.7. The number of nitrogens with one attached hydrogen (secondary N) is 2. The van der Waals surface area contributed by atoms with E-state index in [1.807, 2.05) is 0 Å². The van der Waals surface area contributed by atoms with Crippen LogP contribution in [0.1, 0.15) is 59.8 Å². The van der Waals surface area contributed by atoms with Gasteiger partial charge in [0.1, 0.15) is 0 Å². The van der Waals surface area contributed by atoms with E-state index in [2.05, 4.69) is 43.2 Å². The van der Waals surface area contributed by atoms with Crippen LogP contribution in [0.2, 0.25) is 0 Å². The first kappa shape index (κ1) is 17.4. The molecule has 1 aliphatic rings. The second kappa shape index (κ2) is 8.63. The Bertz CT molecular complexity index is 286. The summed E-state index contributed by atoms with van der Waals surface area (Å²) >= 11 is 0. The Hall–Kier alpha value is -0.610. The third kappa shape index (κ3) is 7.85. The number of carbonyl (C=O) groups excluding carboxylic acids is 1.